The lowest BCUT2D eigenvalue weighted by Gasteiger charge is -2.03. The maximum Gasteiger partial charge on any atom is 0.177 e. The van der Waals surface area contributed by atoms with Crippen LogP contribution in [0.25, 0.3) is 0 Å². The highest BCUT2D eigenvalue weighted by atomic mass is 35.5. The van der Waals surface area contributed by atoms with Crippen molar-refractivity contribution in [3.05, 3.63) is 29.8 Å². The van der Waals surface area contributed by atoms with Gasteiger partial charge in [0.1, 0.15) is 0 Å². The summed E-state index contributed by atoms with van der Waals surface area (Å²) in [5.41, 5.74) is 0.709. The predicted molar refractivity (Wildman–Crippen MR) is 90.2 cm³/mol. The summed E-state index contributed by atoms with van der Waals surface area (Å²) >= 11 is 7.41. The van der Waals surface area contributed by atoms with E-state index in [-0.39, 0.29) is 11.7 Å². The summed E-state index contributed by atoms with van der Waals surface area (Å²) < 4.78 is 0. The minimum atomic E-state index is -0.00436. The molecule has 20 heavy (non-hydrogen) atoms. The number of rotatable bonds is 11. The van der Waals surface area contributed by atoms with Crippen LogP contribution in [0.4, 0.5) is 0 Å². The van der Waals surface area contributed by atoms with E-state index in [9.17, 15) is 4.79 Å². The molecule has 0 saturated carbocycles. The highest BCUT2D eigenvalue weighted by Gasteiger charge is 2.03. The van der Waals surface area contributed by atoms with Gasteiger partial charge in [-0.05, 0) is 24.3 Å². The van der Waals surface area contributed by atoms with Crippen molar-refractivity contribution >= 4 is 29.1 Å². The monoisotopic (exact) mass is 312 g/mol. The first-order chi connectivity index (χ1) is 9.77. The number of hydrogen-bond donors (Lipinski definition) is 0. The summed E-state index contributed by atoms with van der Waals surface area (Å²) in [5.74, 6) is 1.22. The number of thioether (sulfide) groups is 1. The number of Topliss-reactive ketones (excluding diaryl/α,β-unsaturated/α-hetero) is 1. The van der Waals surface area contributed by atoms with Crippen molar-refractivity contribution in [3.8, 4) is 0 Å². The van der Waals surface area contributed by atoms with Gasteiger partial charge in [0, 0.05) is 10.5 Å². The summed E-state index contributed by atoms with van der Waals surface area (Å²) in [6.45, 7) is 2.25. The number of carbonyl (C=O) groups is 1. The van der Waals surface area contributed by atoms with E-state index in [2.05, 4.69) is 6.92 Å². The summed E-state index contributed by atoms with van der Waals surface area (Å²) in [6, 6.07) is 7.78. The zero-order valence-corrected chi connectivity index (χ0v) is 13.9. The number of ketones is 1. The molecule has 1 aromatic rings. The number of benzene rings is 1. The number of halogens is 1. The second-order valence-corrected chi connectivity index (χ2v) is 6.49. The van der Waals surface area contributed by atoms with E-state index >= 15 is 0 Å². The summed E-state index contributed by atoms with van der Waals surface area (Å²) in [5, 5.41) is 0. The van der Waals surface area contributed by atoms with Crippen molar-refractivity contribution in [3.63, 3.8) is 0 Å². The summed E-state index contributed by atoms with van der Waals surface area (Å²) in [6.07, 6.45) is 9.44. The molecule has 1 nitrogen and oxygen atoms in total. The summed E-state index contributed by atoms with van der Waals surface area (Å²) in [7, 11) is 0. The topological polar surface area (TPSA) is 17.1 Å². The normalized spacial score (nSPS) is 10.7. The van der Waals surface area contributed by atoms with E-state index in [1.807, 2.05) is 36.0 Å². The standard InChI is InChI=1S/C17H25ClOS/c1-2-3-4-5-6-7-8-13-20-16-11-9-15(10-12-16)17(19)14-18/h9-12H,2-8,13-14H2,1H3. The third-order valence-electron chi connectivity index (χ3n) is 3.31. The van der Waals surface area contributed by atoms with Crippen LogP contribution in [-0.4, -0.2) is 17.4 Å². The fourth-order valence-corrected chi connectivity index (χ4v) is 3.13. The molecule has 0 unspecified atom stereocenters. The molecule has 0 aliphatic heterocycles. The Morgan fingerprint density at radius 3 is 2.20 bits per heavy atom. The Morgan fingerprint density at radius 2 is 1.60 bits per heavy atom. The highest BCUT2D eigenvalue weighted by Crippen LogP contribution is 2.21. The molecule has 0 amide bonds. The first kappa shape index (κ1) is 17.6. The first-order valence-corrected chi connectivity index (χ1v) is 9.12. The summed E-state index contributed by atoms with van der Waals surface area (Å²) in [4.78, 5) is 12.6. The third kappa shape index (κ3) is 7.35. The molecule has 0 aliphatic rings. The largest absolute Gasteiger partial charge is 0.293 e. The van der Waals surface area contributed by atoms with Crippen LogP contribution in [0, 0.1) is 0 Å². The van der Waals surface area contributed by atoms with E-state index in [0.717, 1.165) is 5.75 Å². The molecule has 0 saturated heterocycles. The number of alkyl halides is 1. The highest BCUT2D eigenvalue weighted by molar-refractivity contribution is 7.99. The molecule has 0 aromatic heterocycles. The van der Waals surface area contributed by atoms with Crippen LogP contribution < -0.4 is 0 Å². The van der Waals surface area contributed by atoms with E-state index in [4.69, 9.17) is 11.6 Å². The molecule has 0 N–H and O–H groups in total. The van der Waals surface area contributed by atoms with Crippen LogP contribution in [0.1, 0.15) is 62.2 Å². The van der Waals surface area contributed by atoms with Crippen molar-refractivity contribution in [2.45, 2.75) is 56.8 Å². The van der Waals surface area contributed by atoms with Gasteiger partial charge in [0.2, 0.25) is 0 Å². The van der Waals surface area contributed by atoms with Crippen LogP contribution in [0.5, 0.6) is 0 Å². The van der Waals surface area contributed by atoms with E-state index in [1.165, 1.54) is 49.8 Å². The average molecular weight is 313 g/mol. The molecular weight excluding hydrogens is 288 g/mol. The van der Waals surface area contributed by atoms with Gasteiger partial charge in [-0.3, -0.25) is 4.79 Å². The van der Waals surface area contributed by atoms with Crippen molar-refractivity contribution in [2.24, 2.45) is 0 Å². The molecule has 1 aromatic carbocycles. The Kier molecular flexibility index (Phi) is 9.86. The molecule has 0 atom stereocenters. The van der Waals surface area contributed by atoms with Crippen LogP contribution in [-0.2, 0) is 0 Å². The van der Waals surface area contributed by atoms with Gasteiger partial charge in [-0.25, -0.2) is 0 Å². The minimum Gasteiger partial charge on any atom is -0.293 e. The molecule has 0 fully saturated rings. The van der Waals surface area contributed by atoms with Crippen LogP contribution in [0.2, 0.25) is 0 Å². The fraction of sp³-hybridized carbons (Fsp3) is 0.588. The molecule has 1 rings (SSSR count). The van der Waals surface area contributed by atoms with Gasteiger partial charge in [0.15, 0.2) is 5.78 Å². The molecule has 0 bridgehead atoms. The van der Waals surface area contributed by atoms with Crippen molar-refractivity contribution in [1.82, 2.24) is 0 Å². The minimum absolute atomic E-state index is 0.00436. The smallest absolute Gasteiger partial charge is 0.177 e. The molecule has 0 heterocycles. The Hall–Kier alpha value is -0.470. The average Bonchev–Trinajstić information content (AvgIpc) is 2.50. The lowest BCUT2D eigenvalue weighted by atomic mass is 10.1. The Labute approximate surface area is 132 Å². The maximum atomic E-state index is 11.4. The molecule has 0 radical (unpaired) electrons. The lowest BCUT2D eigenvalue weighted by molar-refractivity contribution is 0.102. The van der Waals surface area contributed by atoms with Crippen molar-refractivity contribution in [1.29, 1.82) is 0 Å². The SMILES string of the molecule is CCCCCCCCCSc1ccc(C(=O)CCl)cc1. The van der Waals surface area contributed by atoms with Crippen LogP contribution >= 0.6 is 23.4 Å². The van der Waals surface area contributed by atoms with E-state index in [1.54, 1.807) is 0 Å². The number of unbranched alkanes of at least 4 members (excludes halogenated alkanes) is 6. The zero-order valence-electron chi connectivity index (χ0n) is 12.4. The predicted octanol–water partition coefficient (Wildman–Crippen LogP) is 5.95. The van der Waals surface area contributed by atoms with Gasteiger partial charge in [-0.15, -0.1) is 23.4 Å². The lowest BCUT2D eigenvalue weighted by Crippen LogP contribution is -1.99. The quantitative estimate of drug-likeness (QED) is 0.217. The van der Waals surface area contributed by atoms with Crippen molar-refractivity contribution in [2.75, 3.05) is 11.6 Å². The van der Waals surface area contributed by atoms with Crippen molar-refractivity contribution < 1.29 is 4.79 Å². The van der Waals surface area contributed by atoms with E-state index < -0.39 is 0 Å². The Morgan fingerprint density at radius 1 is 1.00 bits per heavy atom. The van der Waals surface area contributed by atoms with Gasteiger partial charge >= 0.3 is 0 Å². The van der Waals surface area contributed by atoms with Gasteiger partial charge in [-0.2, -0.15) is 0 Å². The zero-order chi connectivity index (χ0) is 14.6. The Balaban J connectivity index is 2.11. The fourth-order valence-electron chi connectivity index (χ4n) is 2.06. The Bertz CT molecular complexity index is 375. The maximum absolute atomic E-state index is 11.4. The van der Waals surface area contributed by atoms with E-state index in [0.29, 0.717) is 5.56 Å². The third-order valence-corrected chi connectivity index (χ3v) is 4.66. The van der Waals surface area contributed by atoms with Crippen LogP contribution in [0.3, 0.4) is 0 Å². The molecular formula is C17H25ClOS. The number of carbonyl (C=O) groups excluding carboxylic acids is 1. The molecule has 0 aliphatic carbocycles. The second-order valence-electron chi connectivity index (χ2n) is 5.05. The van der Waals surface area contributed by atoms with Gasteiger partial charge < -0.3 is 0 Å². The molecule has 112 valence electrons. The van der Waals surface area contributed by atoms with Gasteiger partial charge in [0.25, 0.3) is 0 Å². The van der Waals surface area contributed by atoms with Gasteiger partial charge in [-0.1, -0.05) is 57.6 Å². The molecule has 3 heteroatoms. The van der Waals surface area contributed by atoms with Crippen LogP contribution in [0.15, 0.2) is 29.2 Å². The van der Waals surface area contributed by atoms with Gasteiger partial charge in [0.05, 0.1) is 5.88 Å². The molecule has 0 spiro atoms. The number of hydrogen-bond acceptors (Lipinski definition) is 2. The second kappa shape index (κ2) is 11.2. The first-order valence-electron chi connectivity index (χ1n) is 7.60.